The lowest BCUT2D eigenvalue weighted by atomic mass is 10.1. The predicted octanol–water partition coefficient (Wildman–Crippen LogP) is 0.777. The van der Waals surface area contributed by atoms with Crippen molar-refractivity contribution in [3.8, 4) is 0 Å². The summed E-state index contributed by atoms with van der Waals surface area (Å²) < 4.78 is 25.8. The molecule has 1 aromatic rings. The Labute approximate surface area is 102 Å². The number of anilines is 1. The first-order valence-corrected chi connectivity index (χ1v) is 5.37. The Morgan fingerprint density at radius 1 is 1.50 bits per heavy atom. The fraction of sp³-hybridized carbons (Fsp3) is 0.364. The summed E-state index contributed by atoms with van der Waals surface area (Å²) in [6.07, 6.45) is 0.386. The molecule has 0 aromatic carbocycles. The van der Waals surface area contributed by atoms with Gasteiger partial charge in [-0.1, -0.05) is 0 Å². The number of rotatable bonds is 2. The van der Waals surface area contributed by atoms with Gasteiger partial charge in [0.15, 0.2) is 0 Å². The molecule has 2 heterocycles. The minimum absolute atomic E-state index is 0.233. The van der Waals surface area contributed by atoms with Gasteiger partial charge in [-0.2, -0.15) is 13.8 Å². The summed E-state index contributed by atoms with van der Waals surface area (Å²) in [5.74, 6) is -3.80. The van der Waals surface area contributed by atoms with E-state index in [1.165, 1.54) is 4.90 Å². The second-order valence-electron chi connectivity index (χ2n) is 4.06. The molecule has 1 N–H and O–H groups in total. The van der Waals surface area contributed by atoms with Gasteiger partial charge in [0.1, 0.15) is 5.92 Å². The van der Waals surface area contributed by atoms with E-state index in [1.807, 2.05) is 0 Å². The van der Waals surface area contributed by atoms with Crippen LogP contribution in [0.3, 0.4) is 0 Å². The molecule has 18 heavy (non-hydrogen) atoms. The van der Waals surface area contributed by atoms with E-state index in [9.17, 15) is 18.4 Å². The highest BCUT2D eigenvalue weighted by molar-refractivity contribution is 6.07. The molecule has 1 aromatic heterocycles. The number of nitrogens with one attached hydrogen (secondary N) is 1. The minimum atomic E-state index is -1.11. The number of carbonyl (C=O) groups excluding carboxylic acids is 2. The molecule has 0 bridgehead atoms. The second kappa shape index (κ2) is 4.67. The Balaban J connectivity index is 2.10. The third-order valence-corrected chi connectivity index (χ3v) is 2.82. The third kappa shape index (κ3) is 2.29. The SMILES string of the molecule is CN1CC[C@@H](C(=O)Nc2ccc(F)nc2F)C1=O. The van der Waals surface area contributed by atoms with Crippen molar-refractivity contribution >= 4 is 17.5 Å². The average molecular weight is 255 g/mol. The smallest absolute Gasteiger partial charge is 0.239 e. The van der Waals surface area contributed by atoms with Crippen LogP contribution in [0.15, 0.2) is 12.1 Å². The van der Waals surface area contributed by atoms with E-state index in [1.54, 1.807) is 7.05 Å². The number of amides is 2. The highest BCUT2D eigenvalue weighted by Crippen LogP contribution is 2.19. The number of pyridine rings is 1. The van der Waals surface area contributed by atoms with Crippen LogP contribution in [0.25, 0.3) is 0 Å². The number of halogens is 2. The van der Waals surface area contributed by atoms with Crippen LogP contribution in [0, 0.1) is 17.8 Å². The number of aromatic nitrogens is 1. The lowest BCUT2D eigenvalue weighted by molar-refractivity contribution is -0.134. The second-order valence-corrected chi connectivity index (χ2v) is 4.06. The molecule has 1 atom stereocenters. The van der Waals surface area contributed by atoms with Crippen molar-refractivity contribution in [2.45, 2.75) is 6.42 Å². The molecule has 1 fully saturated rings. The Morgan fingerprint density at radius 3 is 2.78 bits per heavy atom. The first kappa shape index (κ1) is 12.4. The monoisotopic (exact) mass is 255 g/mol. The zero-order chi connectivity index (χ0) is 13.3. The Hall–Kier alpha value is -2.05. The summed E-state index contributed by atoms with van der Waals surface area (Å²) in [5, 5.41) is 2.24. The lowest BCUT2D eigenvalue weighted by Crippen LogP contribution is -2.31. The van der Waals surface area contributed by atoms with Crippen LogP contribution in [-0.2, 0) is 9.59 Å². The predicted molar refractivity (Wildman–Crippen MR) is 58.5 cm³/mol. The first-order chi connectivity index (χ1) is 8.49. The number of nitrogens with zero attached hydrogens (tertiary/aromatic N) is 2. The topological polar surface area (TPSA) is 62.3 Å². The van der Waals surface area contributed by atoms with Gasteiger partial charge in [-0.25, -0.2) is 0 Å². The van der Waals surface area contributed by atoms with Gasteiger partial charge in [0.25, 0.3) is 0 Å². The van der Waals surface area contributed by atoms with Crippen LogP contribution in [0.1, 0.15) is 6.42 Å². The molecule has 1 aliphatic rings. The van der Waals surface area contributed by atoms with Crippen molar-refractivity contribution in [3.63, 3.8) is 0 Å². The molecule has 0 unspecified atom stereocenters. The molecule has 1 saturated heterocycles. The molecule has 7 heteroatoms. The van der Waals surface area contributed by atoms with Crippen molar-refractivity contribution in [3.05, 3.63) is 24.0 Å². The fourth-order valence-corrected chi connectivity index (χ4v) is 1.79. The summed E-state index contributed by atoms with van der Waals surface area (Å²) in [4.78, 5) is 27.7. The van der Waals surface area contributed by atoms with Crippen molar-refractivity contribution in [1.29, 1.82) is 0 Å². The zero-order valence-corrected chi connectivity index (χ0v) is 9.61. The van der Waals surface area contributed by atoms with Crippen molar-refractivity contribution in [2.75, 3.05) is 18.9 Å². The summed E-state index contributed by atoms with van der Waals surface area (Å²) in [5.41, 5.74) is -0.233. The number of hydrogen-bond donors (Lipinski definition) is 1. The van der Waals surface area contributed by atoms with E-state index in [0.717, 1.165) is 12.1 Å². The molecule has 0 spiro atoms. The Kier molecular flexibility index (Phi) is 3.22. The normalized spacial score (nSPS) is 19.2. The van der Waals surface area contributed by atoms with Crippen LogP contribution in [0.4, 0.5) is 14.5 Å². The van der Waals surface area contributed by atoms with Crippen LogP contribution in [0.5, 0.6) is 0 Å². The van der Waals surface area contributed by atoms with E-state index >= 15 is 0 Å². The van der Waals surface area contributed by atoms with E-state index in [4.69, 9.17) is 0 Å². The van der Waals surface area contributed by atoms with Gasteiger partial charge in [-0.05, 0) is 18.6 Å². The van der Waals surface area contributed by atoms with Crippen LogP contribution in [-0.4, -0.2) is 35.3 Å². The van der Waals surface area contributed by atoms with E-state index in [0.29, 0.717) is 13.0 Å². The quantitative estimate of drug-likeness (QED) is 0.627. The summed E-state index contributed by atoms with van der Waals surface area (Å²) in [6, 6.07) is 2.00. The van der Waals surface area contributed by atoms with Gasteiger partial charge < -0.3 is 10.2 Å². The number of hydrogen-bond acceptors (Lipinski definition) is 3. The van der Waals surface area contributed by atoms with Crippen LogP contribution < -0.4 is 5.32 Å². The van der Waals surface area contributed by atoms with Gasteiger partial charge in [-0.15, -0.1) is 0 Å². The van der Waals surface area contributed by atoms with E-state index in [2.05, 4.69) is 10.3 Å². The number of likely N-dealkylation sites (tertiary alicyclic amines) is 1. The molecule has 1 aliphatic heterocycles. The van der Waals surface area contributed by atoms with Crippen molar-refractivity contribution in [1.82, 2.24) is 9.88 Å². The molecule has 2 rings (SSSR count). The van der Waals surface area contributed by atoms with Crippen molar-refractivity contribution < 1.29 is 18.4 Å². The summed E-state index contributed by atoms with van der Waals surface area (Å²) >= 11 is 0. The lowest BCUT2D eigenvalue weighted by Gasteiger charge is -2.11. The molecule has 0 radical (unpaired) electrons. The average Bonchev–Trinajstić information content (AvgIpc) is 2.64. The van der Waals surface area contributed by atoms with Crippen molar-refractivity contribution in [2.24, 2.45) is 5.92 Å². The zero-order valence-electron chi connectivity index (χ0n) is 9.61. The molecule has 5 nitrogen and oxygen atoms in total. The maximum absolute atomic E-state index is 13.2. The van der Waals surface area contributed by atoms with E-state index < -0.39 is 23.7 Å². The fourth-order valence-electron chi connectivity index (χ4n) is 1.79. The van der Waals surface area contributed by atoms with Gasteiger partial charge in [0.2, 0.25) is 23.7 Å². The van der Waals surface area contributed by atoms with E-state index in [-0.39, 0.29) is 11.6 Å². The first-order valence-electron chi connectivity index (χ1n) is 5.37. The van der Waals surface area contributed by atoms with Gasteiger partial charge in [0, 0.05) is 13.6 Å². The molecular weight excluding hydrogens is 244 g/mol. The van der Waals surface area contributed by atoms with Gasteiger partial charge >= 0.3 is 0 Å². The van der Waals surface area contributed by atoms with Gasteiger partial charge in [0.05, 0.1) is 5.69 Å². The minimum Gasteiger partial charge on any atom is -0.345 e. The molecular formula is C11H11F2N3O2. The van der Waals surface area contributed by atoms with Gasteiger partial charge in [-0.3, -0.25) is 9.59 Å². The molecule has 2 amide bonds. The third-order valence-electron chi connectivity index (χ3n) is 2.82. The van der Waals surface area contributed by atoms with Crippen LogP contribution >= 0.6 is 0 Å². The largest absolute Gasteiger partial charge is 0.345 e. The number of carbonyl (C=O) groups is 2. The molecule has 0 saturated carbocycles. The standard InChI is InChI=1S/C11H11F2N3O2/c1-16-5-4-6(11(16)18)10(17)14-7-2-3-8(12)15-9(7)13/h2-3,6H,4-5H2,1H3,(H,14,17)/t6-/m0/s1. The maximum atomic E-state index is 13.2. The summed E-state index contributed by atoms with van der Waals surface area (Å²) in [6.45, 7) is 0.487. The summed E-state index contributed by atoms with van der Waals surface area (Å²) in [7, 11) is 1.59. The molecule has 0 aliphatic carbocycles. The Morgan fingerprint density at radius 2 is 2.22 bits per heavy atom. The maximum Gasteiger partial charge on any atom is 0.239 e. The Bertz CT molecular complexity index is 507. The highest BCUT2D eigenvalue weighted by atomic mass is 19.1. The van der Waals surface area contributed by atoms with Crippen LogP contribution in [0.2, 0.25) is 0 Å². The molecule has 96 valence electrons. The highest BCUT2D eigenvalue weighted by Gasteiger charge is 2.35.